The number of rotatable bonds is 7. The van der Waals surface area contributed by atoms with E-state index in [1.807, 2.05) is 47.8 Å². The third kappa shape index (κ3) is 4.86. The number of benzene rings is 2. The Hall–Kier alpha value is -3.39. The number of thiazole rings is 1. The van der Waals surface area contributed by atoms with Crippen LogP contribution in [0.15, 0.2) is 52.9 Å². The molecule has 1 heterocycles. The summed E-state index contributed by atoms with van der Waals surface area (Å²) >= 11 is 1.46. The topological polar surface area (TPSA) is 84.8 Å². The SMILES string of the molecule is COc1ccc(/C=N\Nc2nc(-c3ccc(NC(C)=O)cc3)cs2)cc1OC. The Balaban J connectivity index is 1.64. The maximum atomic E-state index is 11.1. The molecule has 3 aromatic rings. The van der Waals surface area contributed by atoms with Gasteiger partial charge >= 0.3 is 0 Å². The smallest absolute Gasteiger partial charge is 0.221 e. The Labute approximate surface area is 167 Å². The predicted molar refractivity (Wildman–Crippen MR) is 113 cm³/mol. The highest BCUT2D eigenvalue weighted by atomic mass is 32.1. The van der Waals surface area contributed by atoms with Gasteiger partial charge < -0.3 is 14.8 Å². The Kier molecular flexibility index (Phi) is 6.23. The number of ether oxygens (including phenoxy) is 2. The number of carbonyl (C=O) groups is 1. The zero-order valence-corrected chi connectivity index (χ0v) is 16.5. The van der Waals surface area contributed by atoms with Crippen molar-refractivity contribution < 1.29 is 14.3 Å². The van der Waals surface area contributed by atoms with Crippen molar-refractivity contribution in [3.8, 4) is 22.8 Å². The van der Waals surface area contributed by atoms with E-state index in [-0.39, 0.29) is 5.91 Å². The summed E-state index contributed by atoms with van der Waals surface area (Å²) < 4.78 is 10.5. The van der Waals surface area contributed by atoms with E-state index in [0.717, 1.165) is 22.5 Å². The third-order valence-corrected chi connectivity index (χ3v) is 4.53. The second-order valence-corrected chi connectivity index (χ2v) is 6.64. The lowest BCUT2D eigenvalue weighted by atomic mass is 10.1. The molecule has 0 bridgehead atoms. The second-order valence-electron chi connectivity index (χ2n) is 5.78. The van der Waals surface area contributed by atoms with Crippen molar-refractivity contribution in [1.82, 2.24) is 4.98 Å². The molecule has 8 heteroatoms. The van der Waals surface area contributed by atoms with Crippen LogP contribution >= 0.6 is 11.3 Å². The van der Waals surface area contributed by atoms with Crippen LogP contribution < -0.4 is 20.2 Å². The lowest BCUT2D eigenvalue weighted by Crippen LogP contribution is -2.05. The van der Waals surface area contributed by atoms with Gasteiger partial charge in [-0.1, -0.05) is 12.1 Å². The summed E-state index contributed by atoms with van der Waals surface area (Å²) in [6.07, 6.45) is 1.69. The molecule has 3 rings (SSSR count). The molecule has 0 atom stereocenters. The zero-order chi connectivity index (χ0) is 19.9. The van der Waals surface area contributed by atoms with Gasteiger partial charge in [0, 0.05) is 23.6 Å². The number of amides is 1. The molecule has 144 valence electrons. The molecule has 7 nitrogen and oxygen atoms in total. The lowest BCUT2D eigenvalue weighted by Gasteiger charge is -2.07. The average Bonchev–Trinajstić information content (AvgIpc) is 3.17. The summed E-state index contributed by atoms with van der Waals surface area (Å²) in [6, 6.07) is 13.1. The van der Waals surface area contributed by atoms with E-state index in [9.17, 15) is 4.79 Å². The molecule has 0 aliphatic carbocycles. The van der Waals surface area contributed by atoms with Crippen LogP contribution in [0.25, 0.3) is 11.3 Å². The molecule has 0 saturated heterocycles. The summed E-state index contributed by atoms with van der Waals surface area (Å²) in [4.78, 5) is 15.6. The first kappa shape index (κ1) is 19.4. The Morgan fingerprint density at radius 2 is 1.86 bits per heavy atom. The molecular weight excluding hydrogens is 376 g/mol. The predicted octanol–water partition coefficient (Wildman–Crippen LogP) is 4.23. The first-order valence-corrected chi connectivity index (χ1v) is 9.31. The second kappa shape index (κ2) is 9.01. The highest BCUT2D eigenvalue weighted by Crippen LogP contribution is 2.28. The van der Waals surface area contributed by atoms with Crippen LogP contribution in [0.5, 0.6) is 11.5 Å². The molecular formula is C20H20N4O3S. The van der Waals surface area contributed by atoms with Gasteiger partial charge in [0.1, 0.15) is 0 Å². The van der Waals surface area contributed by atoms with Gasteiger partial charge in [-0.25, -0.2) is 4.98 Å². The molecule has 0 fully saturated rings. The highest BCUT2D eigenvalue weighted by Gasteiger charge is 2.05. The minimum Gasteiger partial charge on any atom is -0.493 e. The van der Waals surface area contributed by atoms with E-state index in [0.29, 0.717) is 16.6 Å². The van der Waals surface area contributed by atoms with Gasteiger partial charge in [-0.2, -0.15) is 5.10 Å². The van der Waals surface area contributed by atoms with Crippen LogP contribution in [0.4, 0.5) is 10.8 Å². The van der Waals surface area contributed by atoms with Crippen LogP contribution in [0.1, 0.15) is 12.5 Å². The fourth-order valence-electron chi connectivity index (χ4n) is 2.48. The number of methoxy groups -OCH3 is 2. The van der Waals surface area contributed by atoms with Crippen LogP contribution in [-0.2, 0) is 4.79 Å². The molecule has 1 amide bonds. The van der Waals surface area contributed by atoms with Gasteiger partial charge in [0.05, 0.1) is 26.1 Å². The van der Waals surface area contributed by atoms with Gasteiger partial charge in [0.15, 0.2) is 11.5 Å². The summed E-state index contributed by atoms with van der Waals surface area (Å²) in [5.74, 6) is 1.22. The largest absolute Gasteiger partial charge is 0.493 e. The number of hydrazone groups is 1. The maximum Gasteiger partial charge on any atom is 0.221 e. The standard InChI is InChI=1S/C20H20N4O3S/c1-13(25)22-16-7-5-15(6-8-16)17-12-28-20(23-17)24-21-11-14-4-9-18(26-2)19(10-14)27-3/h4-12H,1-3H3,(H,22,25)(H,23,24)/b21-11-. The minimum atomic E-state index is -0.0970. The quantitative estimate of drug-likeness (QED) is 0.461. The van der Waals surface area contributed by atoms with Crippen molar-refractivity contribution in [3.63, 3.8) is 0 Å². The summed E-state index contributed by atoms with van der Waals surface area (Å²) in [6.45, 7) is 1.48. The van der Waals surface area contributed by atoms with Gasteiger partial charge in [-0.3, -0.25) is 10.2 Å². The van der Waals surface area contributed by atoms with Gasteiger partial charge in [0.25, 0.3) is 0 Å². The van der Waals surface area contributed by atoms with Crippen molar-refractivity contribution >= 4 is 34.3 Å². The van der Waals surface area contributed by atoms with Gasteiger partial charge in [-0.05, 0) is 35.9 Å². The summed E-state index contributed by atoms with van der Waals surface area (Å²) in [5, 5.41) is 9.59. The summed E-state index contributed by atoms with van der Waals surface area (Å²) in [5.41, 5.74) is 6.36. The van der Waals surface area contributed by atoms with Crippen molar-refractivity contribution in [2.45, 2.75) is 6.92 Å². The Morgan fingerprint density at radius 1 is 1.11 bits per heavy atom. The van der Waals surface area contributed by atoms with E-state index >= 15 is 0 Å². The van der Waals surface area contributed by atoms with Crippen molar-refractivity contribution in [2.24, 2.45) is 5.10 Å². The van der Waals surface area contributed by atoms with E-state index < -0.39 is 0 Å². The van der Waals surface area contributed by atoms with Crippen molar-refractivity contribution in [3.05, 3.63) is 53.4 Å². The third-order valence-electron chi connectivity index (χ3n) is 3.79. The number of nitrogens with one attached hydrogen (secondary N) is 2. The zero-order valence-electron chi connectivity index (χ0n) is 15.7. The monoisotopic (exact) mass is 396 g/mol. The number of hydrogen-bond donors (Lipinski definition) is 2. The normalized spacial score (nSPS) is 10.7. The molecule has 28 heavy (non-hydrogen) atoms. The number of aromatic nitrogens is 1. The van der Waals surface area contributed by atoms with Crippen molar-refractivity contribution in [1.29, 1.82) is 0 Å². The van der Waals surface area contributed by atoms with Crippen LogP contribution in [0.3, 0.4) is 0 Å². The first-order valence-electron chi connectivity index (χ1n) is 8.43. The number of hydrogen-bond acceptors (Lipinski definition) is 7. The Bertz CT molecular complexity index is 983. The maximum absolute atomic E-state index is 11.1. The summed E-state index contributed by atoms with van der Waals surface area (Å²) in [7, 11) is 3.19. The van der Waals surface area contributed by atoms with Crippen molar-refractivity contribution in [2.75, 3.05) is 25.0 Å². The lowest BCUT2D eigenvalue weighted by molar-refractivity contribution is -0.114. The molecule has 2 aromatic carbocycles. The molecule has 2 N–H and O–H groups in total. The van der Waals surface area contributed by atoms with Crippen LogP contribution in [0.2, 0.25) is 0 Å². The molecule has 0 spiro atoms. The van der Waals surface area contributed by atoms with Gasteiger partial charge in [0.2, 0.25) is 11.0 Å². The van der Waals surface area contributed by atoms with E-state index in [1.54, 1.807) is 20.4 Å². The average molecular weight is 396 g/mol. The van der Waals surface area contributed by atoms with E-state index in [4.69, 9.17) is 9.47 Å². The minimum absolute atomic E-state index is 0.0970. The molecule has 0 unspecified atom stereocenters. The molecule has 1 aromatic heterocycles. The number of nitrogens with zero attached hydrogens (tertiary/aromatic N) is 2. The fourth-order valence-corrected chi connectivity index (χ4v) is 3.15. The molecule has 0 aliphatic rings. The molecule has 0 saturated carbocycles. The number of anilines is 2. The van der Waals surface area contributed by atoms with Gasteiger partial charge in [-0.15, -0.1) is 11.3 Å². The van der Waals surface area contributed by atoms with E-state index in [2.05, 4.69) is 20.8 Å². The fraction of sp³-hybridized carbons (Fsp3) is 0.150. The highest BCUT2D eigenvalue weighted by molar-refractivity contribution is 7.14. The Morgan fingerprint density at radius 3 is 2.54 bits per heavy atom. The van der Waals surface area contributed by atoms with Crippen LogP contribution in [0, 0.1) is 0 Å². The molecule has 0 radical (unpaired) electrons. The van der Waals surface area contributed by atoms with E-state index in [1.165, 1.54) is 18.3 Å². The number of carbonyl (C=O) groups excluding carboxylic acids is 1. The molecule has 0 aliphatic heterocycles. The van der Waals surface area contributed by atoms with Crippen LogP contribution in [-0.4, -0.2) is 31.3 Å². The first-order chi connectivity index (χ1) is 13.6.